The standard InChI is InChI=1S/C9H15N5O3/c1-14-7(11)6(8(16)13-9(14)17)12-4-2-3-5(10)15/h12H,2-4,11H2,1H3,(H2,10,15)(H,13,16,17). The first-order valence-corrected chi connectivity index (χ1v) is 5.04. The molecule has 8 heteroatoms. The number of H-pyrrole nitrogens is 1. The van der Waals surface area contributed by atoms with Gasteiger partial charge in [0.15, 0.2) is 0 Å². The van der Waals surface area contributed by atoms with Gasteiger partial charge >= 0.3 is 5.69 Å². The monoisotopic (exact) mass is 241 g/mol. The van der Waals surface area contributed by atoms with Gasteiger partial charge in [-0.05, 0) is 6.42 Å². The van der Waals surface area contributed by atoms with Crippen molar-refractivity contribution in [1.82, 2.24) is 9.55 Å². The molecule has 0 saturated heterocycles. The largest absolute Gasteiger partial charge is 0.383 e. The Labute approximate surface area is 96.6 Å². The molecule has 0 saturated carbocycles. The number of amides is 1. The molecule has 1 aromatic heterocycles. The summed E-state index contributed by atoms with van der Waals surface area (Å²) in [5.41, 5.74) is 9.55. The third-order valence-electron chi connectivity index (χ3n) is 2.27. The van der Waals surface area contributed by atoms with Gasteiger partial charge in [0.1, 0.15) is 11.5 Å². The molecule has 8 nitrogen and oxygen atoms in total. The number of nitrogen functional groups attached to an aromatic ring is 1. The average Bonchev–Trinajstić information content (AvgIpc) is 2.24. The zero-order chi connectivity index (χ0) is 13.0. The number of nitrogens with two attached hydrogens (primary N) is 2. The van der Waals surface area contributed by atoms with Gasteiger partial charge in [0.2, 0.25) is 5.91 Å². The Kier molecular flexibility index (Phi) is 3.91. The van der Waals surface area contributed by atoms with Crippen molar-refractivity contribution in [3.63, 3.8) is 0 Å². The van der Waals surface area contributed by atoms with Gasteiger partial charge in [0, 0.05) is 20.0 Å². The third kappa shape index (κ3) is 3.10. The van der Waals surface area contributed by atoms with E-state index in [0.717, 1.165) is 4.57 Å². The van der Waals surface area contributed by atoms with E-state index in [1.807, 2.05) is 0 Å². The van der Waals surface area contributed by atoms with Crippen molar-refractivity contribution in [2.75, 3.05) is 17.6 Å². The number of nitrogens with one attached hydrogen (secondary N) is 2. The second-order valence-electron chi connectivity index (χ2n) is 3.58. The fourth-order valence-corrected chi connectivity index (χ4v) is 1.28. The topological polar surface area (TPSA) is 136 Å². The van der Waals surface area contributed by atoms with Crippen LogP contribution in [-0.4, -0.2) is 22.0 Å². The van der Waals surface area contributed by atoms with Crippen LogP contribution in [0.2, 0.25) is 0 Å². The number of aromatic amines is 1. The quantitative estimate of drug-likeness (QED) is 0.457. The van der Waals surface area contributed by atoms with Crippen LogP contribution in [-0.2, 0) is 11.8 Å². The maximum Gasteiger partial charge on any atom is 0.329 e. The zero-order valence-corrected chi connectivity index (χ0v) is 9.45. The number of nitrogens with zero attached hydrogens (tertiary/aromatic N) is 1. The predicted molar refractivity (Wildman–Crippen MR) is 63.6 cm³/mol. The first kappa shape index (κ1) is 12.8. The summed E-state index contributed by atoms with van der Waals surface area (Å²) in [6.07, 6.45) is 0.702. The first-order chi connectivity index (χ1) is 7.93. The SMILES string of the molecule is Cn1c(N)c(NCCCC(N)=O)c(=O)[nH]c1=O. The van der Waals surface area contributed by atoms with Gasteiger partial charge in [-0.3, -0.25) is 19.1 Å². The Morgan fingerprint density at radius 1 is 1.47 bits per heavy atom. The molecule has 0 aliphatic carbocycles. The summed E-state index contributed by atoms with van der Waals surface area (Å²) in [5, 5.41) is 2.77. The summed E-state index contributed by atoms with van der Waals surface area (Å²) in [6.45, 7) is 0.369. The molecule has 0 aromatic carbocycles. The lowest BCUT2D eigenvalue weighted by molar-refractivity contribution is -0.118. The number of hydrogen-bond donors (Lipinski definition) is 4. The van der Waals surface area contributed by atoms with Crippen molar-refractivity contribution in [3.8, 4) is 0 Å². The molecule has 0 aliphatic rings. The molecule has 1 heterocycles. The van der Waals surface area contributed by atoms with Crippen molar-refractivity contribution >= 4 is 17.4 Å². The number of hydrogen-bond acceptors (Lipinski definition) is 5. The van der Waals surface area contributed by atoms with E-state index in [1.165, 1.54) is 7.05 Å². The van der Waals surface area contributed by atoms with Crippen molar-refractivity contribution in [2.24, 2.45) is 12.8 Å². The molecular weight excluding hydrogens is 226 g/mol. The fourth-order valence-electron chi connectivity index (χ4n) is 1.28. The second kappa shape index (κ2) is 5.19. The lowest BCUT2D eigenvalue weighted by Crippen LogP contribution is -2.32. The van der Waals surface area contributed by atoms with Crippen LogP contribution in [0.1, 0.15) is 12.8 Å². The minimum absolute atomic E-state index is 0.0535. The molecule has 0 fully saturated rings. The normalized spacial score (nSPS) is 10.2. The summed E-state index contributed by atoms with van der Waals surface area (Å²) in [5.74, 6) is -0.355. The van der Waals surface area contributed by atoms with Gasteiger partial charge in [-0.1, -0.05) is 0 Å². The predicted octanol–water partition coefficient (Wildman–Crippen LogP) is -1.67. The fraction of sp³-hybridized carbons (Fsp3) is 0.444. The molecule has 0 spiro atoms. The minimum Gasteiger partial charge on any atom is -0.383 e. The van der Waals surface area contributed by atoms with Crippen LogP contribution in [0.25, 0.3) is 0 Å². The molecule has 1 aromatic rings. The Balaban J connectivity index is 2.78. The van der Waals surface area contributed by atoms with Crippen molar-refractivity contribution in [1.29, 1.82) is 0 Å². The number of carbonyl (C=O) groups is 1. The Morgan fingerprint density at radius 3 is 2.71 bits per heavy atom. The van der Waals surface area contributed by atoms with E-state index in [2.05, 4.69) is 10.3 Å². The Morgan fingerprint density at radius 2 is 2.12 bits per heavy atom. The van der Waals surface area contributed by atoms with Crippen LogP contribution >= 0.6 is 0 Å². The molecule has 17 heavy (non-hydrogen) atoms. The molecule has 6 N–H and O–H groups in total. The molecule has 0 bridgehead atoms. The van der Waals surface area contributed by atoms with Gasteiger partial charge in [-0.25, -0.2) is 4.79 Å². The summed E-state index contributed by atoms with van der Waals surface area (Å²) in [7, 11) is 1.45. The first-order valence-electron chi connectivity index (χ1n) is 5.04. The molecule has 0 aliphatic heterocycles. The maximum atomic E-state index is 11.4. The molecule has 1 rings (SSSR count). The van der Waals surface area contributed by atoms with Gasteiger partial charge in [0.05, 0.1) is 0 Å². The highest BCUT2D eigenvalue weighted by atomic mass is 16.2. The minimum atomic E-state index is -0.579. The van der Waals surface area contributed by atoms with Crippen LogP contribution in [0, 0.1) is 0 Å². The summed E-state index contributed by atoms with van der Waals surface area (Å²) in [6, 6.07) is 0. The summed E-state index contributed by atoms with van der Waals surface area (Å²) in [4.78, 5) is 35.2. The van der Waals surface area contributed by atoms with Crippen molar-refractivity contribution in [3.05, 3.63) is 20.8 Å². The van der Waals surface area contributed by atoms with Crippen LogP contribution in [0.15, 0.2) is 9.59 Å². The van der Waals surface area contributed by atoms with E-state index < -0.39 is 17.2 Å². The lowest BCUT2D eigenvalue weighted by Gasteiger charge is -2.10. The van der Waals surface area contributed by atoms with E-state index in [9.17, 15) is 14.4 Å². The number of aromatic nitrogens is 2. The van der Waals surface area contributed by atoms with Crippen LogP contribution in [0.3, 0.4) is 0 Å². The molecule has 0 radical (unpaired) electrons. The molecular formula is C9H15N5O3. The number of carbonyl (C=O) groups excluding carboxylic acids is 1. The smallest absolute Gasteiger partial charge is 0.329 e. The summed E-state index contributed by atoms with van der Waals surface area (Å²) >= 11 is 0. The van der Waals surface area contributed by atoms with Crippen LogP contribution in [0.5, 0.6) is 0 Å². The van der Waals surface area contributed by atoms with Gasteiger partial charge in [0.25, 0.3) is 5.56 Å². The Hall–Kier alpha value is -2.25. The van der Waals surface area contributed by atoms with E-state index >= 15 is 0 Å². The molecule has 0 atom stereocenters. The average molecular weight is 241 g/mol. The second-order valence-corrected chi connectivity index (χ2v) is 3.58. The van der Waals surface area contributed by atoms with E-state index in [0.29, 0.717) is 13.0 Å². The molecule has 0 unspecified atom stereocenters. The zero-order valence-electron chi connectivity index (χ0n) is 9.45. The number of rotatable bonds is 5. The van der Waals surface area contributed by atoms with Crippen LogP contribution in [0.4, 0.5) is 11.5 Å². The summed E-state index contributed by atoms with van der Waals surface area (Å²) < 4.78 is 1.12. The van der Waals surface area contributed by atoms with Crippen molar-refractivity contribution < 1.29 is 4.79 Å². The van der Waals surface area contributed by atoms with E-state index in [4.69, 9.17) is 11.5 Å². The lowest BCUT2D eigenvalue weighted by atomic mass is 10.3. The number of anilines is 2. The highest BCUT2D eigenvalue weighted by molar-refractivity contribution is 5.73. The Bertz CT molecular complexity index is 530. The molecule has 1 amide bonds. The van der Waals surface area contributed by atoms with Gasteiger partial charge < -0.3 is 16.8 Å². The van der Waals surface area contributed by atoms with Crippen LogP contribution < -0.4 is 28.0 Å². The number of primary amides is 1. The van der Waals surface area contributed by atoms with E-state index in [-0.39, 0.29) is 17.9 Å². The van der Waals surface area contributed by atoms with E-state index in [1.54, 1.807) is 0 Å². The van der Waals surface area contributed by atoms with Gasteiger partial charge in [-0.15, -0.1) is 0 Å². The highest BCUT2D eigenvalue weighted by Gasteiger charge is 2.08. The highest BCUT2D eigenvalue weighted by Crippen LogP contribution is 2.08. The maximum absolute atomic E-state index is 11.4. The van der Waals surface area contributed by atoms with Gasteiger partial charge in [-0.2, -0.15) is 0 Å². The third-order valence-corrected chi connectivity index (χ3v) is 2.27. The molecule has 94 valence electrons. The van der Waals surface area contributed by atoms with Crippen molar-refractivity contribution in [2.45, 2.75) is 12.8 Å².